The van der Waals surface area contributed by atoms with Crippen molar-refractivity contribution in [1.82, 2.24) is 9.78 Å². The molecule has 176 valence electrons. The van der Waals surface area contributed by atoms with Gasteiger partial charge in [0.1, 0.15) is 0 Å². The molecular formula is C26H30N5O3+. The molecule has 2 heterocycles. The summed E-state index contributed by atoms with van der Waals surface area (Å²) in [4.78, 5) is 15.1. The van der Waals surface area contributed by atoms with Gasteiger partial charge in [0, 0.05) is 42.5 Å². The fourth-order valence-corrected chi connectivity index (χ4v) is 4.77. The van der Waals surface area contributed by atoms with Crippen LogP contribution in [0.2, 0.25) is 0 Å². The van der Waals surface area contributed by atoms with Crippen molar-refractivity contribution in [1.29, 1.82) is 0 Å². The second-order valence-corrected chi connectivity index (χ2v) is 9.70. The number of amides is 1. The third-order valence-corrected chi connectivity index (χ3v) is 6.82. The Hall–Kier alpha value is -3.65. The average molecular weight is 461 g/mol. The van der Waals surface area contributed by atoms with Crippen molar-refractivity contribution >= 4 is 39.1 Å². The molecule has 34 heavy (non-hydrogen) atoms. The summed E-state index contributed by atoms with van der Waals surface area (Å²) in [6, 6.07) is 14.9. The van der Waals surface area contributed by atoms with Gasteiger partial charge in [-0.2, -0.15) is 5.10 Å². The van der Waals surface area contributed by atoms with Crippen molar-refractivity contribution < 1.29 is 19.8 Å². The van der Waals surface area contributed by atoms with E-state index in [-0.39, 0.29) is 11.7 Å². The van der Waals surface area contributed by atoms with Crippen molar-refractivity contribution in [2.75, 3.05) is 24.3 Å². The van der Waals surface area contributed by atoms with E-state index in [4.69, 9.17) is 5.10 Å². The number of hydrogen-bond acceptors (Lipinski definition) is 5. The van der Waals surface area contributed by atoms with Gasteiger partial charge in [-0.3, -0.25) is 14.7 Å². The number of carbonyl (C=O) groups is 1. The lowest BCUT2D eigenvalue weighted by atomic mass is 9.84. The Kier molecular flexibility index (Phi) is 5.40. The minimum atomic E-state index is -0.592. The summed E-state index contributed by atoms with van der Waals surface area (Å²) >= 11 is 0. The van der Waals surface area contributed by atoms with Crippen LogP contribution in [0.5, 0.6) is 0 Å². The molecule has 0 bridgehead atoms. The molecule has 2 aromatic carbocycles. The zero-order valence-electron chi connectivity index (χ0n) is 19.7. The lowest BCUT2D eigenvalue weighted by Gasteiger charge is -2.33. The summed E-state index contributed by atoms with van der Waals surface area (Å²) in [6.45, 7) is 1.90. The molecular weight excluding hydrogens is 430 g/mol. The highest BCUT2D eigenvalue weighted by Crippen LogP contribution is 2.36. The highest BCUT2D eigenvalue weighted by atomic mass is 16.5. The SMILES string of the molecule is CN(C)c1cc2nn([C@H]3CC[C@](C)(O)CC3)cc2cc1NC(=O)c1ccc2ccccc2[n+]1O. The smallest absolute Gasteiger partial charge is 0.325 e. The van der Waals surface area contributed by atoms with E-state index in [2.05, 4.69) is 5.32 Å². The number of aliphatic hydroxyl groups is 1. The summed E-state index contributed by atoms with van der Waals surface area (Å²) in [7, 11) is 3.83. The summed E-state index contributed by atoms with van der Waals surface area (Å²) in [5, 5.41) is 30.5. The van der Waals surface area contributed by atoms with Crippen LogP contribution in [0.1, 0.15) is 49.1 Å². The first kappa shape index (κ1) is 22.2. The van der Waals surface area contributed by atoms with Crippen LogP contribution in [0.3, 0.4) is 0 Å². The maximum Gasteiger partial charge on any atom is 0.325 e. The molecule has 1 aliphatic rings. The van der Waals surface area contributed by atoms with Gasteiger partial charge in [-0.15, -0.1) is 0 Å². The third kappa shape index (κ3) is 4.05. The molecule has 8 nitrogen and oxygen atoms in total. The molecule has 4 aromatic rings. The number of para-hydroxylation sites is 1. The number of hydrogen-bond donors (Lipinski definition) is 3. The fraction of sp³-hybridized carbons (Fsp3) is 0.346. The van der Waals surface area contributed by atoms with E-state index in [1.807, 2.05) is 73.2 Å². The third-order valence-electron chi connectivity index (χ3n) is 6.82. The number of rotatable bonds is 4. The second kappa shape index (κ2) is 8.29. The minimum absolute atomic E-state index is 0.147. The van der Waals surface area contributed by atoms with Crippen molar-refractivity contribution in [3.63, 3.8) is 0 Å². The molecule has 8 heteroatoms. The molecule has 5 rings (SSSR count). The number of fused-ring (bicyclic) bond motifs is 2. The van der Waals surface area contributed by atoms with Gasteiger partial charge >= 0.3 is 11.6 Å². The zero-order chi connectivity index (χ0) is 24.0. The van der Waals surface area contributed by atoms with E-state index < -0.39 is 11.5 Å². The van der Waals surface area contributed by atoms with Gasteiger partial charge < -0.3 is 15.3 Å². The summed E-state index contributed by atoms with van der Waals surface area (Å²) in [6.07, 6.45) is 5.28. The molecule has 3 N–H and O–H groups in total. The summed E-state index contributed by atoms with van der Waals surface area (Å²) in [5.74, 6) is -0.405. The van der Waals surface area contributed by atoms with Gasteiger partial charge in [0.05, 0.1) is 33.9 Å². The van der Waals surface area contributed by atoms with E-state index in [1.54, 1.807) is 12.1 Å². The van der Waals surface area contributed by atoms with Crippen LogP contribution in [0.4, 0.5) is 11.4 Å². The molecule has 0 unspecified atom stereocenters. The van der Waals surface area contributed by atoms with E-state index in [9.17, 15) is 15.1 Å². The van der Waals surface area contributed by atoms with Crippen LogP contribution in [-0.2, 0) is 0 Å². The fourth-order valence-electron chi connectivity index (χ4n) is 4.77. The van der Waals surface area contributed by atoms with Crippen molar-refractivity contribution in [3.05, 3.63) is 60.4 Å². The van der Waals surface area contributed by atoms with Gasteiger partial charge in [0.25, 0.3) is 5.52 Å². The number of nitrogens with zero attached hydrogens (tertiary/aromatic N) is 4. The Bertz CT molecular complexity index is 1380. The van der Waals surface area contributed by atoms with Crippen LogP contribution in [0.15, 0.2) is 54.7 Å². The normalized spacial score (nSPS) is 20.5. The maximum atomic E-state index is 13.1. The molecule has 0 atom stereocenters. The van der Waals surface area contributed by atoms with Crippen molar-refractivity contribution in [2.24, 2.45) is 0 Å². The van der Waals surface area contributed by atoms with Gasteiger partial charge in [-0.1, -0.05) is 12.1 Å². The predicted molar refractivity (Wildman–Crippen MR) is 131 cm³/mol. The Morgan fingerprint density at radius 2 is 1.88 bits per heavy atom. The Balaban J connectivity index is 1.47. The van der Waals surface area contributed by atoms with E-state index in [0.717, 1.165) is 52.4 Å². The molecule has 0 spiro atoms. The minimum Gasteiger partial charge on any atom is -0.390 e. The number of nitrogens with one attached hydrogen (secondary N) is 1. The molecule has 1 fully saturated rings. The standard InChI is InChI=1S/C26H29N5O3/c1-26(33)12-10-19(11-13-26)30-16-18-14-21(24(29(2)3)15-20(18)28-30)27-25(32)23-9-8-17-6-4-5-7-22(17)31(23)34/h4-9,14-16,19,33H,10-13H2,1-3H3,(H-,27,32,34)/p+1/t19-,26-. The molecule has 1 saturated carbocycles. The number of aromatic nitrogens is 3. The van der Waals surface area contributed by atoms with Crippen LogP contribution >= 0.6 is 0 Å². The number of carbonyl (C=O) groups excluding carboxylic acids is 1. The highest BCUT2D eigenvalue weighted by Gasteiger charge is 2.30. The number of pyridine rings is 1. The average Bonchev–Trinajstić information content (AvgIpc) is 3.21. The molecule has 0 saturated heterocycles. The number of anilines is 2. The topological polar surface area (TPSA) is 94.5 Å². The van der Waals surface area contributed by atoms with Gasteiger partial charge in [0.15, 0.2) is 0 Å². The van der Waals surface area contributed by atoms with Gasteiger partial charge in [-0.25, -0.2) is 0 Å². The Morgan fingerprint density at radius 3 is 2.62 bits per heavy atom. The molecule has 2 aromatic heterocycles. The summed E-state index contributed by atoms with van der Waals surface area (Å²) in [5.41, 5.74) is 2.43. The zero-order valence-corrected chi connectivity index (χ0v) is 19.7. The van der Waals surface area contributed by atoms with Crippen molar-refractivity contribution in [3.8, 4) is 0 Å². The van der Waals surface area contributed by atoms with Crippen LogP contribution in [-0.4, -0.2) is 45.7 Å². The highest BCUT2D eigenvalue weighted by molar-refractivity contribution is 6.06. The van der Waals surface area contributed by atoms with Crippen LogP contribution in [0, 0.1) is 0 Å². The molecule has 1 aliphatic carbocycles. The first-order chi connectivity index (χ1) is 16.2. The molecule has 0 aliphatic heterocycles. The first-order valence-electron chi connectivity index (χ1n) is 11.6. The van der Waals surface area contributed by atoms with Crippen molar-refractivity contribution in [2.45, 2.75) is 44.2 Å². The largest absolute Gasteiger partial charge is 0.390 e. The van der Waals surface area contributed by atoms with E-state index in [0.29, 0.717) is 11.2 Å². The quantitative estimate of drug-likeness (QED) is 0.317. The Labute approximate surface area is 198 Å². The second-order valence-electron chi connectivity index (χ2n) is 9.70. The Morgan fingerprint density at radius 1 is 1.15 bits per heavy atom. The van der Waals surface area contributed by atoms with E-state index in [1.165, 1.54) is 0 Å². The van der Waals surface area contributed by atoms with E-state index >= 15 is 0 Å². The van der Waals surface area contributed by atoms with Gasteiger partial charge in [0.2, 0.25) is 0 Å². The lowest BCUT2D eigenvalue weighted by molar-refractivity contribution is -0.885. The molecule has 1 amide bonds. The first-order valence-corrected chi connectivity index (χ1v) is 11.6. The predicted octanol–water partition coefficient (Wildman–Crippen LogP) is 3.90. The maximum absolute atomic E-state index is 13.1. The lowest BCUT2D eigenvalue weighted by Crippen LogP contribution is -2.40. The molecule has 0 radical (unpaired) electrons. The van der Waals surface area contributed by atoms with Crippen LogP contribution < -0.4 is 14.9 Å². The number of benzene rings is 2. The summed E-state index contributed by atoms with van der Waals surface area (Å²) < 4.78 is 2.92. The van der Waals surface area contributed by atoms with Gasteiger partial charge in [-0.05, 0) is 56.9 Å². The van der Waals surface area contributed by atoms with Crippen LogP contribution in [0.25, 0.3) is 21.8 Å². The monoisotopic (exact) mass is 460 g/mol.